The summed E-state index contributed by atoms with van der Waals surface area (Å²) in [5.41, 5.74) is 0. The Bertz CT molecular complexity index is 365. The summed E-state index contributed by atoms with van der Waals surface area (Å²) in [5, 5.41) is 11.1. The van der Waals surface area contributed by atoms with Crippen molar-refractivity contribution in [1.29, 1.82) is 0 Å². The fraction of sp³-hybridized carbons (Fsp3) is 0.714. The van der Waals surface area contributed by atoms with Gasteiger partial charge in [-0.2, -0.15) is 0 Å². The number of amides is 1. The van der Waals surface area contributed by atoms with Gasteiger partial charge in [0.05, 0.1) is 19.3 Å². The van der Waals surface area contributed by atoms with Crippen molar-refractivity contribution in [3.05, 3.63) is 12.7 Å². The number of hydrogen-bond donors (Lipinski definition) is 2. The normalized spacial score (nSPS) is 15.1. The molecule has 0 radical (unpaired) electrons. The maximum Gasteiger partial charge on any atom is 0.405 e. The number of carbonyl (C=O) groups excluding carboxylic acids is 1. The molecule has 0 aromatic carbocycles. The molecular formula is C14H27NO5Si. The van der Waals surface area contributed by atoms with Crippen LogP contribution in [0.15, 0.2) is 12.7 Å². The molecule has 0 saturated heterocycles. The first-order valence-corrected chi connectivity index (χ1v) is 9.77. The summed E-state index contributed by atoms with van der Waals surface area (Å²) >= 11 is 0. The summed E-state index contributed by atoms with van der Waals surface area (Å²) in [6.45, 7) is 14.0. The molecule has 0 aromatic heterocycles. The minimum atomic E-state index is -2.19. The van der Waals surface area contributed by atoms with E-state index in [2.05, 4.69) is 32.7 Å². The molecule has 0 unspecified atom stereocenters. The third-order valence-corrected chi connectivity index (χ3v) is 8.08. The van der Waals surface area contributed by atoms with Crippen LogP contribution in [0.5, 0.6) is 0 Å². The van der Waals surface area contributed by atoms with Crippen molar-refractivity contribution in [3.63, 3.8) is 0 Å². The molecule has 0 aliphatic rings. The van der Waals surface area contributed by atoms with Crippen LogP contribution in [0, 0.1) is 0 Å². The number of carboxylic acid groups (broad SMARTS) is 1. The summed E-state index contributed by atoms with van der Waals surface area (Å²) in [6, 6.07) is -0.742. The number of carbonyl (C=O) groups is 2. The van der Waals surface area contributed by atoms with E-state index >= 15 is 0 Å². The SMILES string of the molecule is C=CCOC[C@H](NC(=O)O)[C@@H](C=O)O[Si](C)(C)C(C)(C)C. The zero-order valence-corrected chi connectivity index (χ0v) is 14.5. The van der Waals surface area contributed by atoms with Crippen LogP contribution in [0.4, 0.5) is 4.79 Å². The molecule has 0 aliphatic heterocycles. The molecule has 0 bridgehead atoms. The molecule has 0 heterocycles. The highest BCUT2D eigenvalue weighted by Gasteiger charge is 2.41. The fourth-order valence-electron chi connectivity index (χ4n) is 1.38. The molecule has 0 fully saturated rings. The van der Waals surface area contributed by atoms with Gasteiger partial charge in [-0.1, -0.05) is 26.8 Å². The lowest BCUT2D eigenvalue weighted by Crippen LogP contribution is -2.54. The molecule has 122 valence electrons. The number of rotatable bonds is 9. The summed E-state index contributed by atoms with van der Waals surface area (Å²) < 4.78 is 11.2. The van der Waals surface area contributed by atoms with Crippen molar-refractivity contribution in [2.45, 2.75) is 51.0 Å². The summed E-state index contributed by atoms with van der Waals surface area (Å²) in [6.07, 6.45) is 0.112. The third-order valence-electron chi connectivity index (χ3n) is 3.61. The first-order valence-electron chi connectivity index (χ1n) is 6.86. The first kappa shape index (κ1) is 19.8. The Morgan fingerprint density at radius 1 is 1.43 bits per heavy atom. The summed E-state index contributed by atoms with van der Waals surface area (Å²) in [4.78, 5) is 22.2. The Balaban J connectivity index is 4.99. The van der Waals surface area contributed by atoms with Crippen LogP contribution in [0.1, 0.15) is 20.8 Å². The molecule has 6 nitrogen and oxygen atoms in total. The lowest BCUT2D eigenvalue weighted by Gasteiger charge is -2.39. The Morgan fingerprint density at radius 2 is 2.00 bits per heavy atom. The van der Waals surface area contributed by atoms with Crippen LogP contribution < -0.4 is 5.32 Å². The van der Waals surface area contributed by atoms with Crippen molar-refractivity contribution >= 4 is 20.7 Å². The molecular weight excluding hydrogens is 290 g/mol. The van der Waals surface area contributed by atoms with Crippen LogP contribution in [-0.2, 0) is 14.0 Å². The molecule has 0 spiro atoms. The second-order valence-corrected chi connectivity index (χ2v) is 11.1. The topological polar surface area (TPSA) is 84.9 Å². The number of nitrogens with one attached hydrogen (secondary N) is 1. The molecule has 2 atom stereocenters. The largest absolute Gasteiger partial charge is 0.465 e. The Kier molecular flexibility index (Phi) is 7.84. The molecule has 7 heteroatoms. The Labute approximate surface area is 127 Å². The summed E-state index contributed by atoms with van der Waals surface area (Å²) in [7, 11) is -2.19. The maximum absolute atomic E-state index is 11.4. The van der Waals surface area contributed by atoms with Crippen molar-refractivity contribution < 1.29 is 23.9 Å². The van der Waals surface area contributed by atoms with Gasteiger partial charge in [-0.15, -0.1) is 6.58 Å². The van der Waals surface area contributed by atoms with E-state index in [1.165, 1.54) is 0 Å². The number of hydrogen-bond acceptors (Lipinski definition) is 4. The van der Waals surface area contributed by atoms with Crippen molar-refractivity contribution in [3.8, 4) is 0 Å². The summed E-state index contributed by atoms with van der Waals surface area (Å²) in [5.74, 6) is 0. The molecule has 21 heavy (non-hydrogen) atoms. The van der Waals surface area contributed by atoms with Gasteiger partial charge in [-0.25, -0.2) is 4.79 Å². The van der Waals surface area contributed by atoms with Crippen LogP contribution in [0.3, 0.4) is 0 Å². The van der Waals surface area contributed by atoms with E-state index < -0.39 is 26.6 Å². The van der Waals surface area contributed by atoms with Gasteiger partial charge in [0.25, 0.3) is 0 Å². The maximum atomic E-state index is 11.4. The van der Waals surface area contributed by atoms with E-state index in [0.717, 1.165) is 0 Å². The van der Waals surface area contributed by atoms with Gasteiger partial charge in [0.2, 0.25) is 0 Å². The van der Waals surface area contributed by atoms with E-state index in [-0.39, 0.29) is 18.3 Å². The molecule has 0 saturated carbocycles. The van der Waals surface area contributed by atoms with Crippen LogP contribution in [-0.4, -0.2) is 51.2 Å². The van der Waals surface area contributed by atoms with E-state index in [1.54, 1.807) is 6.08 Å². The van der Waals surface area contributed by atoms with E-state index in [9.17, 15) is 9.59 Å². The van der Waals surface area contributed by atoms with Crippen molar-refractivity contribution in [2.24, 2.45) is 0 Å². The minimum absolute atomic E-state index is 0.0519. The van der Waals surface area contributed by atoms with Gasteiger partial charge >= 0.3 is 6.09 Å². The van der Waals surface area contributed by atoms with Crippen molar-refractivity contribution in [2.75, 3.05) is 13.2 Å². The first-order chi connectivity index (χ1) is 9.55. The highest BCUT2D eigenvalue weighted by atomic mass is 28.4. The van der Waals surface area contributed by atoms with E-state index in [4.69, 9.17) is 14.3 Å². The second kappa shape index (κ2) is 8.31. The standard InChI is InChI=1S/C14H27NO5Si/c1-7-8-19-10-11(15-13(17)18)12(9-16)20-21(5,6)14(2,3)4/h7,9,11-12,15H,1,8,10H2,2-6H3,(H,17,18)/t11-,12+/m0/s1. The highest BCUT2D eigenvalue weighted by Crippen LogP contribution is 2.37. The number of ether oxygens (including phenoxy) is 1. The fourth-order valence-corrected chi connectivity index (χ4v) is 2.63. The third kappa shape index (κ3) is 6.88. The van der Waals surface area contributed by atoms with Crippen LogP contribution in [0.2, 0.25) is 18.1 Å². The zero-order chi connectivity index (χ0) is 16.7. The Hall–Kier alpha value is -1.18. The van der Waals surface area contributed by atoms with Crippen LogP contribution >= 0.6 is 0 Å². The van der Waals surface area contributed by atoms with Gasteiger partial charge in [-0.05, 0) is 18.1 Å². The lowest BCUT2D eigenvalue weighted by molar-refractivity contribution is -0.116. The van der Waals surface area contributed by atoms with Gasteiger partial charge in [-0.3, -0.25) is 0 Å². The van der Waals surface area contributed by atoms with Gasteiger partial charge < -0.3 is 24.4 Å². The molecule has 0 aliphatic carbocycles. The lowest BCUT2D eigenvalue weighted by atomic mass is 10.2. The predicted octanol–water partition coefficient (Wildman–Crippen LogP) is 2.41. The Morgan fingerprint density at radius 3 is 2.38 bits per heavy atom. The van der Waals surface area contributed by atoms with E-state index in [0.29, 0.717) is 6.29 Å². The van der Waals surface area contributed by atoms with E-state index in [1.807, 2.05) is 13.1 Å². The minimum Gasteiger partial charge on any atom is -0.465 e. The highest BCUT2D eigenvalue weighted by molar-refractivity contribution is 6.74. The molecule has 2 N–H and O–H groups in total. The predicted molar refractivity (Wildman–Crippen MR) is 84.1 cm³/mol. The smallest absolute Gasteiger partial charge is 0.405 e. The second-order valence-electron chi connectivity index (χ2n) is 6.36. The number of aldehydes is 1. The molecule has 1 amide bonds. The zero-order valence-electron chi connectivity index (χ0n) is 13.5. The van der Waals surface area contributed by atoms with Crippen molar-refractivity contribution in [1.82, 2.24) is 5.32 Å². The van der Waals surface area contributed by atoms with Gasteiger partial charge in [0, 0.05) is 0 Å². The quantitative estimate of drug-likeness (QED) is 0.295. The average Bonchev–Trinajstić information content (AvgIpc) is 2.33. The monoisotopic (exact) mass is 317 g/mol. The van der Waals surface area contributed by atoms with Gasteiger partial charge in [0.1, 0.15) is 12.4 Å². The van der Waals surface area contributed by atoms with Gasteiger partial charge in [0.15, 0.2) is 8.32 Å². The molecule has 0 aromatic rings. The average molecular weight is 317 g/mol. The van der Waals surface area contributed by atoms with Crippen LogP contribution in [0.25, 0.3) is 0 Å². The molecule has 0 rings (SSSR count).